The highest BCUT2D eigenvalue weighted by Crippen LogP contribution is 2.35. The zero-order chi connectivity index (χ0) is 15.5. The lowest BCUT2D eigenvalue weighted by molar-refractivity contribution is -0.125. The third-order valence-electron chi connectivity index (χ3n) is 4.99. The van der Waals surface area contributed by atoms with Crippen LogP contribution in [0.2, 0.25) is 0 Å². The van der Waals surface area contributed by atoms with Crippen molar-refractivity contribution < 1.29 is 9.59 Å². The van der Waals surface area contributed by atoms with Crippen LogP contribution in [0.1, 0.15) is 34.7 Å². The molecule has 1 aromatic heterocycles. The third-order valence-corrected chi connectivity index (χ3v) is 4.99. The topological polar surface area (TPSA) is 62.0 Å². The largest absolute Gasteiger partial charge is 0.358 e. The molecule has 1 aliphatic heterocycles. The van der Waals surface area contributed by atoms with Gasteiger partial charge in [-0.2, -0.15) is 0 Å². The summed E-state index contributed by atoms with van der Waals surface area (Å²) in [7, 11) is 4.24. The number of carbonyl (C=O) groups is 2. The minimum absolute atomic E-state index is 0.181. The Bertz CT molecular complexity index is 808. The van der Waals surface area contributed by atoms with Crippen molar-refractivity contribution in [2.45, 2.75) is 33.1 Å². The summed E-state index contributed by atoms with van der Waals surface area (Å²) in [5.74, 6) is -0.734. The van der Waals surface area contributed by atoms with Gasteiger partial charge in [-0.3, -0.25) is 14.9 Å². The molecule has 2 amide bonds. The fourth-order valence-electron chi connectivity index (χ4n) is 3.47. The standard InChI is InChI=1S/C15H18B2N2O2/c1-5-10-11(8-4-9(20)19-15(8)21)7(3)18-14(10)6(2)13(17)12(5)16/h8,18H,4,16-17H2,1-3H3,(H,19,20,21). The lowest BCUT2D eigenvalue weighted by atomic mass is 9.73. The van der Waals surface area contributed by atoms with E-state index in [1.54, 1.807) is 0 Å². The van der Waals surface area contributed by atoms with E-state index in [4.69, 9.17) is 0 Å². The van der Waals surface area contributed by atoms with Gasteiger partial charge in [0, 0.05) is 23.0 Å². The van der Waals surface area contributed by atoms with Crippen molar-refractivity contribution >= 4 is 49.3 Å². The van der Waals surface area contributed by atoms with Crippen LogP contribution in [0.25, 0.3) is 10.9 Å². The summed E-state index contributed by atoms with van der Waals surface area (Å²) in [5.41, 5.74) is 8.00. The molecule has 1 atom stereocenters. The maximum atomic E-state index is 12.1. The highest BCUT2D eigenvalue weighted by atomic mass is 16.2. The number of aryl methyl sites for hydroxylation is 3. The number of aromatic nitrogens is 1. The summed E-state index contributed by atoms with van der Waals surface area (Å²) in [6.45, 7) is 6.17. The second-order valence-electron chi connectivity index (χ2n) is 6.08. The van der Waals surface area contributed by atoms with Gasteiger partial charge in [-0.1, -0.05) is 10.9 Å². The van der Waals surface area contributed by atoms with Crippen molar-refractivity contribution in [2.75, 3.05) is 0 Å². The van der Waals surface area contributed by atoms with Gasteiger partial charge in [0.2, 0.25) is 11.8 Å². The SMILES string of the molecule is Bc1c(B)c(C)c2c(C3CC(=O)NC3=O)c(C)[nH]c2c1C. The highest BCUT2D eigenvalue weighted by molar-refractivity contribution is 6.51. The van der Waals surface area contributed by atoms with Gasteiger partial charge < -0.3 is 4.98 Å². The van der Waals surface area contributed by atoms with Crippen molar-refractivity contribution in [2.24, 2.45) is 0 Å². The number of hydrogen-bond donors (Lipinski definition) is 2. The number of hydrogen-bond acceptors (Lipinski definition) is 2. The molecule has 106 valence electrons. The molecule has 0 saturated carbocycles. The maximum Gasteiger partial charge on any atom is 0.234 e. The molecule has 2 heterocycles. The smallest absolute Gasteiger partial charge is 0.234 e. The third kappa shape index (κ3) is 1.85. The second kappa shape index (κ2) is 4.52. The van der Waals surface area contributed by atoms with Gasteiger partial charge in [0.15, 0.2) is 0 Å². The Balaban J connectivity index is 2.37. The van der Waals surface area contributed by atoms with Crippen LogP contribution in [0.5, 0.6) is 0 Å². The molecule has 6 heteroatoms. The van der Waals surface area contributed by atoms with Crippen molar-refractivity contribution in [3.63, 3.8) is 0 Å². The van der Waals surface area contributed by atoms with Crippen LogP contribution in [-0.2, 0) is 9.59 Å². The maximum absolute atomic E-state index is 12.1. The Morgan fingerprint density at radius 1 is 1.05 bits per heavy atom. The molecule has 0 radical (unpaired) electrons. The lowest BCUT2D eigenvalue weighted by Crippen LogP contribution is -2.31. The van der Waals surface area contributed by atoms with Gasteiger partial charge in [0.1, 0.15) is 15.7 Å². The number of rotatable bonds is 1. The molecule has 4 nitrogen and oxygen atoms in total. The molecular weight excluding hydrogens is 262 g/mol. The highest BCUT2D eigenvalue weighted by Gasteiger charge is 2.35. The van der Waals surface area contributed by atoms with Crippen LogP contribution < -0.4 is 16.2 Å². The number of amides is 2. The molecule has 1 unspecified atom stereocenters. The Kier molecular flexibility index (Phi) is 3.01. The molecule has 0 bridgehead atoms. The molecule has 1 fully saturated rings. The van der Waals surface area contributed by atoms with Crippen molar-refractivity contribution in [3.8, 4) is 0 Å². The number of H-pyrrole nitrogens is 1. The van der Waals surface area contributed by atoms with E-state index in [-0.39, 0.29) is 24.2 Å². The van der Waals surface area contributed by atoms with Crippen LogP contribution >= 0.6 is 0 Å². The molecule has 1 aliphatic rings. The normalized spacial score (nSPS) is 18.5. The molecule has 1 aromatic carbocycles. The van der Waals surface area contributed by atoms with E-state index >= 15 is 0 Å². The number of imide groups is 1. The van der Waals surface area contributed by atoms with Crippen molar-refractivity contribution in [1.82, 2.24) is 10.3 Å². The average Bonchev–Trinajstić information content (AvgIpc) is 2.93. The van der Waals surface area contributed by atoms with Gasteiger partial charge >= 0.3 is 0 Å². The Morgan fingerprint density at radius 3 is 2.24 bits per heavy atom. The molecule has 21 heavy (non-hydrogen) atoms. The van der Waals surface area contributed by atoms with Crippen LogP contribution in [0.3, 0.4) is 0 Å². The van der Waals surface area contributed by atoms with E-state index in [9.17, 15) is 9.59 Å². The quantitative estimate of drug-likeness (QED) is 0.506. The zero-order valence-electron chi connectivity index (χ0n) is 13.1. The first-order valence-corrected chi connectivity index (χ1v) is 7.25. The molecule has 1 saturated heterocycles. The number of aromatic amines is 1. The molecule has 0 spiro atoms. The summed E-state index contributed by atoms with van der Waals surface area (Å²) in [5, 5.41) is 3.53. The Hall–Kier alpha value is -1.97. The minimum Gasteiger partial charge on any atom is -0.358 e. The number of carbonyl (C=O) groups excluding carboxylic acids is 2. The van der Waals surface area contributed by atoms with E-state index in [1.165, 1.54) is 22.1 Å². The van der Waals surface area contributed by atoms with Crippen molar-refractivity contribution in [3.05, 3.63) is 22.4 Å². The predicted molar refractivity (Wildman–Crippen MR) is 89.4 cm³/mol. The van der Waals surface area contributed by atoms with Gasteiger partial charge in [0.05, 0.1) is 5.92 Å². The van der Waals surface area contributed by atoms with Crippen LogP contribution in [0, 0.1) is 20.8 Å². The fourth-order valence-corrected chi connectivity index (χ4v) is 3.47. The first-order chi connectivity index (χ1) is 9.82. The summed E-state index contributed by atoms with van der Waals surface area (Å²) in [6.07, 6.45) is 0.248. The van der Waals surface area contributed by atoms with Gasteiger partial charge in [-0.25, -0.2) is 0 Å². The number of benzene rings is 1. The number of fused-ring (bicyclic) bond motifs is 1. The van der Waals surface area contributed by atoms with Gasteiger partial charge in [-0.05, 0) is 37.5 Å². The van der Waals surface area contributed by atoms with Crippen molar-refractivity contribution in [1.29, 1.82) is 0 Å². The Labute approximate surface area is 125 Å². The minimum atomic E-state index is -0.369. The van der Waals surface area contributed by atoms with E-state index in [2.05, 4.69) is 39.8 Å². The first kappa shape index (κ1) is 14.0. The van der Waals surface area contributed by atoms with Crippen LogP contribution in [0.4, 0.5) is 0 Å². The van der Waals surface area contributed by atoms with Gasteiger partial charge in [-0.15, -0.1) is 0 Å². The summed E-state index contributed by atoms with van der Waals surface area (Å²) < 4.78 is 0. The molecule has 0 aliphatic carbocycles. The van der Waals surface area contributed by atoms with Crippen LogP contribution in [0.15, 0.2) is 0 Å². The van der Waals surface area contributed by atoms with E-state index in [1.807, 2.05) is 6.92 Å². The predicted octanol–water partition coefficient (Wildman–Crippen LogP) is -1.26. The molecule has 3 rings (SSSR count). The first-order valence-electron chi connectivity index (χ1n) is 7.25. The number of nitrogens with one attached hydrogen (secondary N) is 2. The van der Waals surface area contributed by atoms with E-state index in [0.717, 1.165) is 22.2 Å². The molecule has 2 N–H and O–H groups in total. The summed E-state index contributed by atoms with van der Waals surface area (Å²) in [6, 6.07) is 0. The van der Waals surface area contributed by atoms with Gasteiger partial charge in [0.25, 0.3) is 0 Å². The summed E-state index contributed by atoms with van der Waals surface area (Å²) in [4.78, 5) is 27.0. The zero-order valence-corrected chi connectivity index (χ0v) is 13.1. The molecule has 2 aromatic rings. The van der Waals surface area contributed by atoms with E-state index in [0.29, 0.717) is 0 Å². The fraction of sp³-hybridized carbons (Fsp3) is 0.333. The summed E-state index contributed by atoms with van der Waals surface area (Å²) >= 11 is 0. The Morgan fingerprint density at radius 2 is 1.67 bits per heavy atom. The van der Waals surface area contributed by atoms with Crippen LogP contribution in [-0.4, -0.2) is 32.5 Å². The molecular formula is C15H18B2N2O2. The lowest BCUT2D eigenvalue weighted by Gasteiger charge is -2.14. The van der Waals surface area contributed by atoms with E-state index < -0.39 is 0 Å². The monoisotopic (exact) mass is 280 g/mol. The average molecular weight is 280 g/mol. The second-order valence-corrected chi connectivity index (χ2v) is 6.08.